The Morgan fingerprint density at radius 1 is 1.30 bits per heavy atom. The van der Waals surface area contributed by atoms with Crippen LogP contribution in [0.25, 0.3) is 11.3 Å². The monoisotopic (exact) mass is 273 g/mol. The molecule has 6 heteroatoms. The summed E-state index contributed by atoms with van der Waals surface area (Å²) >= 11 is 0. The van der Waals surface area contributed by atoms with Gasteiger partial charge in [0, 0.05) is 24.3 Å². The Bertz CT molecular complexity index is 618. The number of aromatic nitrogens is 2. The second-order valence-corrected chi connectivity index (χ2v) is 4.59. The van der Waals surface area contributed by atoms with E-state index in [4.69, 9.17) is 9.84 Å². The number of aromatic amines is 1. The highest BCUT2D eigenvalue weighted by molar-refractivity contribution is 5.88. The van der Waals surface area contributed by atoms with Gasteiger partial charge in [-0.05, 0) is 12.1 Å². The molecule has 0 bridgehead atoms. The number of carboxylic acid groups (broad SMARTS) is 1. The first-order chi connectivity index (χ1) is 9.75. The molecule has 1 fully saturated rings. The molecule has 0 unspecified atom stereocenters. The van der Waals surface area contributed by atoms with Gasteiger partial charge in [0.1, 0.15) is 5.69 Å². The first-order valence-corrected chi connectivity index (χ1v) is 6.46. The Hall–Kier alpha value is -2.34. The molecule has 1 aromatic heterocycles. The van der Waals surface area contributed by atoms with Crippen LogP contribution < -0.4 is 4.90 Å². The van der Waals surface area contributed by atoms with Crippen LogP contribution in [0.4, 0.5) is 5.69 Å². The van der Waals surface area contributed by atoms with E-state index in [0.29, 0.717) is 18.9 Å². The largest absolute Gasteiger partial charge is 0.477 e. The highest BCUT2D eigenvalue weighted by atomic mass is 16.5. The Morgan fingerprint density at radius 2 is 2.05 bits per heavy atom. The molecule has 1 aliphatic rings. The summed E-state index contributed by atoms with van der Waals surface area (Å²) in [5.41, 5.74) is 2.72. The molecule has 20 heavy (non-hydrogen) atoms. The van der Waals surface area contributed by atoms with Crippen LogP contribution in [0.2, 0.25) is 0 Å². The summed E-state index contributed by atoms with van der Waals surface area (Å²) in [6.45, 7) is 3.06. The summed E-state index contributed by atoms with van der Waals surface area (Å²) in [4.78, 5) is 13.2. The lowest BCUT2D eigenvalue weighted by Gasteiger charge is -2.30. The van der Waals surface area contributed by atoms with E-state index in [0.717, 1.165) is 24.3 Å². The summed E-state index contributed by atoms with van der Waals surface area (Å²) in [6, 6.07) is 9.43. The molecule has 2 aromatic rings. The van der Waals surface area contributed by atoms with Crippen LogP contribution in [0.5, 0.6) is 0 Å². The van der Waals surface area contributed by atoms with E-state index in [1.165, 1.54) is 0 Å². The van der Waals surface area contributed by atoms with Crippen molar-refractivity contribution < 1.29 is 14.6 Å². The van der Waals surface area contributed by atoms with Gasteiger partial charge in [0.05, 0.1) is 18.9 Å². The van der Waals surface area contributed by atoms with Gasteiger partial charge in [-0.15, -0.1) is 0 Å². The number of aromatic carboxylic acids is 1. The van der Waals surface area contributed by atoms with Crippen molar-refractivity contribution in [3.63, 3.8) is 0 Å². The molecule has 104 valence electrons. The quantitative estimate of drug-likeness (QED) is 0.888. The summed E-state index contributed by atoms with van der Waals surface area (Å²) in [7, 11) is 0. The van der Waals surface area contributed by atoms with Gasteiger partial charge < -0.3 is 14.7 Å². The zero-order valence-corrected chi connectivity index (χ0v) is 10.9. The van der Waals surface area contributed by atoms with Crippen LogP contribution in [-0.4, -0.2) is 47.6 Å². The van der Waals surface area contributed by atoms with E-state index in [2.05, 4.69) is 15.1 Å². The molecule has 0 saturated carbocycles. The van der Waals surface area contributed by atoms with E-state index in [1.807, 2.05) is 24.3 Å². The lowest BCUT2D eigenvalue weighted by molar-refractivity contribution is 0.0690. The Balaban J connectivity index is 1.97. The molecule has 2 heterocycles. The Kier molecular flexibility index (Phi) is 3.39. The van der Waals surface area contributed by atoms with E-state index >= 15 is 0 Å². The summed E-state index contributed by atoms with van der Waals surface area (Å²) in [5.74, 6) is -1.01. The molecule has 0 radical (unpaired) electrons. The molecular formula is C14H15N3O3. The van der Waals surface area contributed by atoms with Gasteiger partial charge in [-0.2, -0.15) is 5.10 Å². The Labute approximate surface area is 116 Å². The van der Waals surface area contributed by atoms with Crippen LogP contribution in [0.3, 0.4) is 0 Å². The van der Waals surface area contributed by atoms with E-state index in [9.17, 15) is 4.79 Å². The summed E-state index contributed by atoms with van der Waals surface area (Å²) in [5, 5.41) is 15.6. The number of rotatable bonds is 3. The number of carboxylic acids is 1. The van der Waals surface area contributed by atoms with Crippen molar-refractivity contribution in [2.45, 2.75) is 0 Å². The van der Waals surface area contributed by atoms with Gasteiger partial charge in [-0.3, -0.25) is 5.10 Å². The van der Waals surface area contributed by atoms with Gasteiger partial charge in [-0.25, -0.2) is 4.79 Å². The van der Waals surface area contributed by atoms with Gasteiger partial charge in [-0.1, -0.05) is 18.2 Å². The van der Waals surface area contributed by atoms with Gasteiger partial charge >= 0.3 is 5.97 Å². The highest BCUT2D eigenvalue weighted by Gasteiger charge is 2.17. The summed E-state index contributed by atoms with van der Waals surface area (Å²) < 4.78 is 5.36. The number of hydrogen-bond donors (Lipinski definition) is 2. The van der Waals surface area contributed by atoms with Crippen molar-refractivity contribution in [3.05, 3.63) is 36.0 Å². The average Bonchev–Trinajstić information content (AvgIpc) is 2.98. The molecule has 0 aliphatic carbocycles. The molecular weight excluding hydrogens is 258 g/mol. The molecule has 6 nitrogen and oxygen atoms in total. The van der Waals surface area contributed by atoms with Gasteiger partial charge in [0.2, 0.25) is 0 Å². The fourth-order valence-corrected chi connectivity index (χ4v) is 2.34. The first-order valence-electron chi connectivity index (χ1n) is 6.46. The third-order valence-electron chi connectivity index (χ3n) is 3.34. The van der Waals surface area contributed by atoms with Crippen molar-refractivity contribution in [1.29, 1.82) is 0 Å². The zero-order chi connectivity index (χ0) is 13.9. The van der Waals surface area contributed by atoms with Crippen molar-refractivity contribution in [2.75, 3.05) is 31.2 Å². The molecule has 0 spiro atoms. The predicted molar refractivity (Wildman–Crippen MR) is 74.0 cm³/mol. The number of hydrogen-bond acceptors (Lipinski definition) is 4. The second kappa shape index (κ2) is 5.34. The SMILES string of the molecule is O=C(O)c1cc(-c2ccccc2N2CCOCC2)n[nH]1. The molecule has 1 aliphatic heterocycles. The number of nitrogens with one attached hydrogen (secondary N) is 1. The minimum atomic E-state index is -1.01. The topological polar surface area (TPSA) is 78.4 Å². The van der Waals surface area contributed by atoms with Crippen LogP contribution in [0.15, 0.2) is 30.3 Å². The maximum Gasteiger partial charge on any atom is 0.353 e. The minimum absolute atomic E-state index is 0.0942. The van der Waals surface area contributed by atoms with Gasteiger partial charge in [0.15, 0.2) is 0 Å². The maximum absolute atomic E-state index is 10.9. The van der Waals surface area contributed by atoms with Crippen molar-refractivity contribution >= 4 is 11.7 Å². The van der Waals surface area contributed by atoms with Crippen molar-refractivity contribution in [2.24, 2.45) is 0 Å². The maximum atomic E-state index is 10.9. The number of nitrogens with zero attached hydrogens (tertiary/aromatic N) is 2. The molecule has 2 N–H and O–H groups in total. The van der Waals surface area contributed by atoms with Crippen LogP contribution in [0, 0.1) is 0 Å². The number of ether oxygens (including phenoxy) is 1. The normalized spacial score (nSPS) is 15.3. The van der Waals surface area contributed by atoms with E-state index < -0.39 is 5.97 Å². The molecule has 0 amide bonds. The third kappa shape index (κ3) is 2.37. The van der Waals surface area contributed by atoms with Crippen molar-refractivity contribution in [1.82, 2.24) is 10.2 Å². The number of para-hydroxylation sites is 1. The number of H-pyrrole nitrogens is 1. The third-order valence-corrected chi connectivity index (χ3v) is 3.34. The fourth-order valence-electron chi connectivity index (χ4n) is 2.34. The van der Waals surface area contributed by atoms with Crippen LogP contribution in [-0.2, 0) is 4.74 Å². The predicted octanol–water partition coefficient (Wildman–Crippen LogP) is 1.61. The number of carbonyl (C=O) groups is 1. The number of anilines is 1. The lowest BCUT2D eigenvalue weighted by Crippen LogP contribution is -2.36. The van der Waals surface area contributed by atoms with Crippen LogP contribution in [0.1, 0.15) is 10.5 Å². The lowest BCUT2D eigenvalue weighted by atomic mass is 10.1. The molecule has 1 saturated heterocycles. The highest BCUT2D eigenvalue weighted by Crippen LogP contribution is 2.30. The van der Waals surface area contributed by atoms with E-state index in [1.54, 1.807) is 6.07 Å². The molecule has 1 aromatic carbocycles. The first kappa shape index (κ1) is 12.7. The fraction of sp³-hybridized carbons (Fsp3) is 0.286. The number of benzene rings is 1. The van der Waals surface area contributed by atoms with Crippen molar-refractivity contribution in [3.8, 4) is 11.3 Å². The average molecular weight is 273 g/mol. The van der Waals surface area contributed by atoms with Gasteiger partial charge in [0.25, 0.3) is 0 Å². The van der Waals surface area contributed by atoms with E-state index in [-0.39, 0.29) is 5.69 Å². The van der Waals surface area contributed by atoms with Crippen LogP contribution >= 0.6 is 0 Å². The smallest absolute Gasteiger partial charge is 0.353 e. The number of morpholine rings is 1. The Morgan fingerprint density at radius 3 is 2.75 bits per heavy atom. The zero-order valence-electron chi connectivity index (χ0n) is 10.9. The molecule has 3 rings (SSSR count). The summed E-state index contributed by atoms with van der Waals surface area (Å²) in [6.07, 6.45) is 0. The molecule has 0 atom stereocenters. The second-order valence-electron chi connectivity index (χ2n) is 4.59. The standard InChI is InChI=1S/C14H15N3O3/c18-14(19)12-9-11(15-16-12)10-3-1-2-4-13(10)17-5-7-20-8-6-17/h1-4,9H,5-8H2,(H,15,16)(H,18,19). The minimum Gasteiger partial charge on any atom is -0.477 e.